The van der Waals surface area contributed by atoms with Crippen LogP contribution in [-0.4, -0.2) is 36.4 Å². The molecular weight excluding hydrogens is 861 g/mol. The topological polar surface area (TPSA) is 72.8 Å². The lowest BCUT2D eigenvalue weighted by atomic mass is 10.0. The third-order valence-corrected chi connectivity index (χ3v) is 11.6. The van der Waals surface area contributed by atoms with Crippen LogP contribution in [0.1, 0.15) is 232 Å². The second kappa shape index (κ2) is 59.1. The molecule has 5 heteroatoms. The second-order valence-electron chi connectivity index (χ2n) is 18.2. The number of allylic oxidation sites excluding steroid dienone is 24. The summed E-state index contributed by atoms with van der Waals surface area (Å²) in [6.45, 7) is 3.90. The highest BCUT2D eigenvalue weighted by Gasteiger charge is 2.16. The lowest BCUT2D eigenvalue weighted by Crippen LogP contribution is -2.28. The average molecular weight is 966 g/mol. The molecule has 0 aliphatic heterocycles. The van der Waals surface area contributed by atoms with Gasteiger partial charge in [0.05, 0.1) is 6.61 Å². The highest BCUT2D eigenvalue weighted by Crippen LogP contribution is 2.15. The van der Waals surface area contributed by atoms with Gasteiger partial charge in [0.15, 0.2) is 6.10 Å². The maximum absolute atomic E-state index is 12.3. The van der Waals surface area contributed by atoms with Crippen molar-refractivity contribution in [3.8, 4) is 0 Å². The Morgan fingerprint density at radius 2 is 0.571 bits per heavy atom. The van der Waals surface area contributed by atoms with Gasteiger partial charge in [-0.3, -0.25) is 9.59 Å². The molecule has 394 valence electrons. The Morgan fingerprint density at radius 3 is 0.857 bits per heavy atom. The number of aliphatic hydroxyl groups excluding tert-OH is 1. The molecule has 0 heterocycles. The van der Waals surface area contributed by atoms with Crippen molar-refractivity contribution in [1.29, 1.82) is 0 Å². The summed E-state index contributed by atoms with van der Waals surface area (Å²) in [6.07, 6.45) is 89.5. The Balaban J connectivity index is 3.58. The molecule has 0 bridgehead atoms. The fourth-order valence-electron chi connectivity index (χ4n) is 7.44. The first-order chi connectivity index (χ1) is 34.6. The van der Waals surface area contributed by atoms with E-state index in [1.165, 1.54) is 83.5 Å². The molecule has 0 saturated heterocycles. The zero-order chi connectivity index (χ0) is 50.6. The van der Waals surface area contributed by atoms with Crippen molar-refractivity contribution < 1.29 is 24.2 Å². The minimum atomic E-state index is -0.792. The van der Waals surface area contributed by atoms with Crippen molar-refractivity contribution in [2.24, 2.45) is 0 Å². The van der Waals surface area contributed by atoms with Crippen LogP contribution in [0.3, 0.4) is 0 Å². The zero-order valence-corrected chi connectivity index (χ0v) is 45.0. The molecule has 0 aromatic heterocycles. The van der Waals surface area contributed by atoms with Gasteiger partial charge in [-0.25, -0.2) is 0 Å². The van der Waals surface area contributed by atoms with Crippen LogP contribution in [0.2, 0.25) is 0 Å². The molecule has 0 rings (SSSR count). The van der Waals surface area contributed by atoms with Crippen LogP contribution >= 0.6 is 0 Å². The first-order valence-corrected chi connectivity index (χ1v) is 28.4. The molecule has 0 fully saturated rings. The van der Waals surface area contributed by atoms with E-state index in [0.29, 0.717) is 12.8 Å². The molecule has 0 spiro atoms. The molecule has 0 aromatic rings. The Labute approximate surface area is 431 Å². The summed E-state index contributed by atoms with van der Waals surface area (Å²) in [5, 5.41) is 9.66. The summed E-state index contributed by atoms with van der Waals surface area (Å²) in [7, 11) is 0. The third-order valence-electron chi connectivity index (χ3n) is 11.6. The standard InChI is InChI=1S/C65H104O5/c1-3-5-7-9-11-13-15-17-19-21-23-25-27-29-30-31-32-33-34-36-38-40-42-44-46-48-50-52-54-56-58-60-65(68)70-63(61-66)62-69-64(67)59-57-55-53-51-49-47-45-43-41-39-37-35-28-26-24-22-20-18-16-14-12-10-8-6-4-2/h5-8,11-14,17-20,23-26,29-30,32-33,35,37,41,43,63,66H,3-4,9-10,15-16,21-22,27-28,31,34,36,38-40,42,44-62H2,1-2H3/b7-5-,8-6-,13-11-,14-12-,19-17-,20-18-,25-23-,26-24-,30-29-,33-32-,37-35-,43-41-. The van der Waals surface area contributed by atoms with Gasteiger partial charge in [0.2, 0.25) is 0 Å². The number of carbonyl (C=O) groups is 2. The smallest absolute Gasteiger partial charge is 0.306 e. The molecule has 0 aliphatic rings. The van der Waals surface area contributed by atoms with Gasteiger partial charge < -0.3 is 14.6 Å². The normalized spacial score (nSPS) is 13.4. The van der Waals surface area contributed by atoms with E-state index in [1.807, 2.05) is 0 Å². The van der Waals surface area contributed by atoms with E-state index in [-0.39, 0.29) is 25.2 Å². The van der Waals surface area contributed by atoms with Gasteiger partial charge >= 0.3 is 11.9 Å². The minimum Gasteiger partial charge on any atom is -0.462 e. The van der Waals surface area contributed by atoms with Gasteiger partial charge in [0.25, 0.3) is 0 Å². The molecule has 70 heavy (non-hydrogen) atoms. The molecule has 1 N–H and O–H groups in total. The number of ether oxygens (including phenoxy) is 2. The lowest BCUT2D eigenvalue weighted by molar-refractivity contribution is -0.161. The predicted octanol–water partition coefficient (Wildman–Crippen LogP) is 19.4. The van der Waals surface area contributed by atoms with Crippen molar-refractivity contribution in [2.75, 3.05) is 13.2 Å². The molecule has 5 nitrogen and oxygen atoms in total. The van der Waals surface area contributed by atoms with E-state index >= 15 is 0 Å². The Kier molecular flexibility index (Phi) is 55.5. The minimum absolute atomic E-state index is 0.0833. The van der Waals surface area contributed by atoms with Crippen molar-refractivity contribution >= 4 is 11.9 Å². The van der Waals surface area contributed by atoms with E-state index < -0.39 is 6.10 Å². The molecule has 1 unspecified atom stereocenters. The summed E-state index contributed by atoms with van der Waals surface area (Å²) >= 11 is 0. The van der Waals surface area contributed by atoms with Crippen LogP contribution in [-0.2, 0) is 19.1 Å². The first-order valence-electron chi connectivity index (χ1n) is 28.4. The van der Waals surface area contributed by atoms with Gasteiger partial charge in [0, 0.05) is 12.8 Å². The van der Waals surface area contributed by atoms with Gasteiger partial charge in [-0.05, 0) is 116 Å². The van der Waals surface area contributed by atoms with E-state index in [0.717, 1.165) is 122 Å². The Bertz CT molecular complexity index is 1510. The van der Waals surface area contributed by atoms with Crippen LogP contribution < -0.4 is 0 Å². The Morgan fingerprint density at radius 1 is 0.329 bits per heavy atom. The van der Waals surface area contributed by atoms with Crippen LogP contribution in [0, 0.1) is 0 Å². The first kappa shape index (κ1) is 65.8. The number of rotatable bonds is 50. The predicted molar refractivity (Wildman–Crippen MR) is 306 cm³/mol. The van der Waals surface area contributed by atoms with Crippen molar-refractivity contribution in [3.63, 3.8) is 0 Å². The third kappa shape index (κ3) is 56.4. The van der Waals surface area contributed by atoms with Crippen LogP contribution in [0.4, 0.5) is 0 Å². The summed E-state index contributed by atoms with van der Waals surface area (Å²) in [6, 6.07) is 0. The number of esters is 2. The van der Waals surface area contributed by atoms with Gasteiger partial charge in [0.1, 0.15) is 6.61 Å². The van der Waals surface area contributed by atoms with Crippen molar-refractivity contribution in [2.45, 2.75) is 238 Å². The fraction of sp³-hybridized carbons (Fsp3) is 0.600. The quantitative estimate of drug-likeness (QED) is 0.0374. The maximum Gasteiger partial charge on any atom is 0.306 e. The van der Waals surface area contributed by atoms with E-state index in [2.05, 4.69) is 160 Å². The maximum atomic E-state index is 12.3. The lowest BCUT2D eigenvalue weighted by Gasteiger charge is -2.15. The van der Waals surface area contributed by atoms with E-state index in [1.54, 1.807) is 0 Å². The highest BCUT2D eigenvalue weighted by atomic mass is 16.6. The average Bonchev–Trinajstić information content (AvgIpc) is 3.36. The highest BCUT2D eigenvalue weighted by molar-refractivity contribution is 5.70. The number of carbonyl (C=O) groups excluding carboxylic acids is 2. The van der Waals surface area contributed by atoms with Gasteiger partial charge in [-0.1, -0.05) is 250 Å². The zero-order valence-electron chi connectivity index (χ0n) is 45.0. The van der Waals surface area contributed by atoms with Crippen LogP contribution in [0.25, 0.3) is 0 Å². The van der Waals surface area contributed by atoms with Crippen molar-refractivity contribution in [3.05, 3.63) is 146 Å². The summed E-state index contributed by atoms with van der Waals surface area (Å²) in [4.78, 5) is 24.5. The Hall–Kier alpha value is -4.22. The monoisotopic (exact) mass is 965 g/mol. The summed E-state index contributed by atoms with van der Waals surface area (Å²) < 4.78 is 10.7. The molecule has 0 amide bonds. The number of hydrogen-bond donors (Lipinski definition) is 1. The summed E-state index contributed by atoms with van der Waals surface area (Å²) in [5.74, 6) is -0.618. The second-order valence-corrected chi connectivity index (χ2v) is 18.2. The van der Waals surface area contributed by atoms with Crippen molar-refractivity contribution in [1.82, 2.24) is 0 Å². The number of hydrogen-bond acceptors (Lipinski definition) is 5. The molecular formula is C65H104O5. The van der Waals surface area contributed by atoms with E-state index in [4.69, 9.17) is 9.47 Å². The number of unbranched alkanes of at least 4 members (excludes halogenated alkanes) is 18. The van der Waals surface area contributed by atoms with Gasteiger partial charge in [-0.15, -0.1) is 0 Å². The molecule has 0 saturated carbocycles. The molecule has 0 aliphatic carbocycles. The fourth-order valence-corrected chi connectivity index (χ4v) is 7.44. The number of aliphatic hydroxyl groups is 1. The summed E-state index contributed by atoms with van der Waals surface area (Å²) in [5.41, 5.74) is 0. The SMILES string of the molecule is CC/C=C\C/C=C\C/C=C\C/C=C\C/C=C\C/C=C\CCCCCCCCCCCCCCC(=O)OC(CO)COC(=O)CCCCCCCC/C=C\C/C=C\C/C=C\C/C=C\C/C=C\C/C=C\CC. The molecule has 1 atom stereocenters. The van der Waals surface area contributed by atoms with Gasteiger partial charge in [-0.2, -0.15) is 0 Å². The molecule has 0 aromatic carbocycles. The van der Waals surface area contributed by atoms with E-state index in [9.17, 15) is 14.7 Å². The van der Waals surface area contributed by atoms with Crippen LogP contribution in [0.5, 0.6) is 0 Å². The molecule has 0 radical (unpaired) electrons. The largest absolute Gasteiger partial charge is 0.462 e. The van der Waals surface area contributed by atoms with Crippen LogP contribution in [0.15, 0.2) is 146 Å².